The summed E-state index contributed by atoms with van der Waals surface area (Å²) in [6.45, 7) is 0.831. The minimum Gasteiger partial charge on any atom is -0.383 e. The number of methoxy groups -OCH3 is 1. The lowest BCUT2D eigenvalue weighted by molar-refractivity contribution is 0.208. The van der Waals surface area contributed by atoms with Crippen molar-refractivity contribution in [2.45, 2.75) is 0 Å². The van der Waals surface area contributed by atoms with Gasteiger partial charge in [0.15, 0.2) is 11.6 Å². The molecule has 0 aliphatic rings. The molecule has 5 nitrogen and oxygen atoms in total. The Morgan fingerprint density at radius 3 is 2.76 bits per heavy atom. The van der Waals surface area contributed by atoms with Gasteiger partial charge in [-0.25, -0.2) is 19.6 Å². The van der Waals surface area contributed by atoms with E-state index >= 15 is 0 Å². The van der Waals surface area contributed by atoms with Crippen molar-refractivity contribution in [3.8, 4) is 0 Å². The number of hydrogen-bond acceptors (Lipinski definition) is 3. The molecule has 0 aliphatic carbocycles. The molecule has 1 aromatic carbocycles. The Labute approximate surface area is 97.6 Å². The smallest absolute Gasteiger partial charge is 0.210 e. The molecule has 7 heteroatoms. The lowest BCUT2D eigenvalue weighted by Gasteiger charge is -2.09. The Morgan fingerprint density at radius 1 is 1.41 bits per heavy atom. The molecule has 0 saturated carbocycles. The summed E-state index contributed by atoms with van der Waals surface area (Å²) in [6, 6.07) is 3.40. The zero-order valence-corrected chi connectivity index (χ0v) is 9.34. The van der Waals surface area contributed by atoms with Crippen LogP contribution in [0.4, 0.5) is 14.5 Å². The molecule has 0 fully saturated rings. The molecule has 0 aromatic heterocycles. The van der Waals surface area contributed by atoms with Crippen LogP contribution >= 0.6 is 0 Å². The summed E-state index contributed by atoms with van der Waals surface area (Å²) in [7, 11) is 1.55. The van der Waals surface area contributed by atoms with Crippen LogP contribution in [0, 0.1) is 11.6 Å². The van der Waals surface area contributed by atoms with E-state index in [0.29, 0.717) is 18.8 Å². The maximum absolute atomic E-state index is 12.9. The van der Waals surface area contributed by atoms with Crippen molar-refractivity contribution in [1.82, 2.24) is 5.43 Å². The van der Waals surface area contributed by atoms with E-state index in [2.05, 4.69) is 15.7 Å². The molecular weight excluding hydrogens is 230 g/mol. The quantitative estimate of drug-likeness (QED) is 0.241. The van der Waals surface area contributed by atoms with Gasteiger partial charge in [-0.1, -0.05) is 0 Å². The predicted octanol–water partition coefficient (Wildman–Crippen LogP) is 0.842. The van der Waals surface area contributed by atoms with Crippen molar-refractivity contribution in [3.63, 3.8) is 0 Å². The zero-order valence-electron chi connectivity index (χ0n) is 9.34. The molecule has 0 spiro atoms. The van der Waals surface area contributed by atoms with Gasteiger partial charge in [0, 0.05) is 18.9 Å². The highest BCUT2D eigenvalue weighted by Crippen LogP contribution is 2.12. The lowest BCUT2D eigenvalue weighted by Crippen LogP contribution is -2.36. The number of anilines is 1. The third-order valence-corrected chi connectivity index (χ3v) is 1.88. The van der Waals surface area contributed by atoms with E-state index < -0.39 is 11.6 Å². The number of aliphatic imine (C=N–C) groups is 1. The number of hydrogen-bond donors (Lipinski definition) is 3. The van der Waals surface area contributed by atoms with Gasteiger partial charge in [0.25, 0.3) is 0 Å². The third kappa shape index (κ3) is 4.33. The monoisotopic (exact) mass is 244 g/mol. The van der Waals surface area contributed by atoms with E-state index in [1.807, 2.05) is 0 Å². The number of hydrazine groups is 1. The second-order valence-corrected chi connectivity index (χ2v) is 3.12. The molecule has 0 bridgehead atoms. The normalized spacial score (nSPS) is 11.4. The molecule has 1 rings (SSSR count). The average molecular weight is 244 g/mol. The first-order valence-electron chi connectivity index (χ1n) is 4.89. The number of nitrogens with one attached hydrogen (secondary N) is 2. The van der Waals surface area contributed by atoms with Gasteiger partial charge in [-0.3, -0.25) is 5.43 Å². The van der Waals surface area contributed by atoms with E-state index in [0.717, 1.165) is 12.1 Å². The zero-order chi connectivity index (χ0) is 12.7. The van der Waals surface area contributed by atoms with Gasteiger partial charge >= 0.3 is 0 Å². The van der Waals surface area contributed by atoms with Crippen LogP contribution in [0.25, 0.3) is 0 Å². The van der Waals surface area contributed by atoms with Gasteiger partial charge in [-0.2, -0.15) is 0 Å². The Bertz CT molecular complexity index is 398. The summed E-state index contributed by atoms with van der Waals surface area (Å²) >= 11 is 0. The van der Waals surface area contributed by atoms with Crippen molar-refractivity contribution in [1.29, 1.82) is 0 Å². The molecular formula is C10H14F2N4O. The van der Waals surface area contributed by atoms with Gasteiger partial charge in [0.05, 0.1) is 13.2 Å². The standard InChI is InChI=1S/C10H14F2N4O/c1-17-5-4-14-10(16-13)15-7-2-3-8(11)9(12)6-7/h2-3,6H,4-5,13H2,1H3,(H2,14,15,16). The predicted molar refractivity (Wildman–Crippen MR) is 61.5 cm³/mol. The fourth-order valence-corrected chi connectivity index (χ4v) is 1.08. The SMILES string of the molecule is COCCN=C(NN)Nc1ccc(F)c(F)c1. The van der Waals surface area contributed by atoms with Crippen LogP contribution in [0.1, 0.15) is 0 Å². The van der Waals surface area contributed by atoms with Crippen molar-refractivity contribution in [3.05, 3.63) is 29.8 Å². The highest BCUT2D eigenvalue weighted by Gasteiger charge is 2.03. The van der Waals surface area contributed by atoms with E-state index in [4.69, 9.17) is 10.6 Å². The Kier molecular flexibility index (Phi) is 5.31. The highest BCUT2D eigenvalue weighted by atomic mass is 19.2. The molecule has 0 unspecified atom stereocenters. The van der Waals surface area contributed by atoms with Crippen LogP contribution in [0.2, 0.25) is 0 Å². The van der Waals surface area contributed by atoms with Gasteiger partial charge in [0.1, 0.15) is 0 Å². The lowest BCUT2D eigenvalue weighted by atomic mass is 10.3. The Balaban J connectivity index is 2.67. The Hall–Kier alpha value is -1.73. The molecule has 0 atom stereocenters. The third-order valence-electron chi connectivity index (χ3n) is 1.88. The van der Waals surface area contributed by atoms with Crippen molar-refractivity contribution in [2.75, 3.05) is 25.6 Å². The number of nitrogens with two attached hydrogens (primary N) is 1. The summed E-state index contributed by atoms with van der Waals surface area (Å²) in [5, 5.41) is 2.71. The van der Waals surface area contributed by atoms with Gasteiger partial charge in [-0.05, 0) is 12.1 Å². The molecule has 0 aliphatic heterocycles. The Morgan fingerprint density at radius 2 is 2.18 bits per heavy atom. The average Bonchev–Trinajstić information content (AvgIpc) is 2.32. The highest BCUT2D eigenvalue weighted by molar-refractivity contribution is 5.93. The number of nitrogens with zero attached hydrogens (tertiary/aromatic N) is 1. The van der Waals surface area contributed by atoms with Crippen LogP contribution in [0.15, 0.2) is 23.2 Å². The van der Waals surface area contributed by atoms with E-state index in [9.17, 15) is 8.78 Å². The number of rotatable bonds is 4. The van der Waals surface area contributed by atoms with E-state index in [-0.39, 0.29) is 5.96 Å². The minimum absolute atomic E-state index is 0.244. The second-order valence-electron chi connectivity index (χ2n) is 3.12. The first-order valence-corrected chi connectivity index (χ1v) is 4.89. The van der Waals surface area contributed by atoms with E-state index in [1.165, 1.54) is 6.07 Å². The molecule has 17 heavy (non-hydrogen) atoms. The largest absolute Gasteiger partial charge is 0.383 e. The van der Waals surface area contributed by atoms with Crippen molar-refractivity contribution in [2.24, 2.45) is 10.8 Å². The molecule has 0 amide bonds. The first kappa shape index (κ1) is 13.3. The summed E-state index contributed by atoms with van der Waals surface area (Å²) in [5.74, 6) is 3.61. The van der Waals surface area contributed by atoms with Crippen LogP contribution in [-0.4, -0.2) is 26.2 Å². The maximum atomic E-state index is 12.9. The summed E-state index contributed by atoms with van der Waals surface area (Å²) in [4.78, 5) is 4.01. The number of guanidine groups is 1. The number of benzene rings is 1. The van der Waals surface area contributed by atoms with Crippen molar-refractivity contribution < 1.29 is 13.5 Å². The topological polar surface area (TPSA) is 71.7 Å². The van der Waals surface area contributed by atoms with Gasteiger partial charge < -0.3 is 10.1 Å². The van der Waals surface area contributed by atoms with Gasteiger partial charge in [0.2, 0.25) is 5.96 Å². The fraction of sp³-hybridized carbons (Fsp3) is 0.300. The van der Waals surface area contributed by atoms with Crippen molar-refractivity contribution >= 4 is 11.6 Å². The van der Waals surface area contributed by atoms with Crippen LogP contribution in [0.5, 0.6) is 0 Å². The molecule has 0 saturated heterocycles. The minimum atomic E-state index is -0.941. The van der Waals surface area contributed by atoms with Crippen LogP contribution in [0.3, 0.4) is 0 Å². The molecule has 0 radical (unpaired) electrons. The fourth-order valence-electron chi connectivity index (χ4n) is 1.08. The first-order chi connectivity index (χ1) is 8.17. The molecule has 0 heterocycles. The number of ether oxygens (including phenoxy) is 1. The van der Waals surface area contributed by atoms with Gasteiger partial charge in [-0.15, -0.1) is 0 Å². The summed E-state index contributed by atoms with van der Waals surface area (Å²) in [5.41, 5.74) is 2.66. The second kappa shape index (κ2) is 6.77. The van der Waals surface area contributed by atoms with E-state index in [1.54, 1.807) is 7.11 Å². The molecule has 94 valence electrons. The molecule has 4 N–H and O–H groups in total. The van der Waals surface area contributed by atoms with Crippen LogP contribution in [-0.2, 0) is 4.74 Å². The maximum Gasteiger partial charge on any atom is 0.210 e. The summed E-state index contributed by atoms with van der Waals surface area (Å²) in [6.07, 6.45) is 0. The summed E-state index contributed by atoms with van der Waals surface area (Å²) < 4.78 is 30.4. The molecule has 1 aromatic rings. The number of halogens is 2. The van der Waals surface area contributed by atoms with Crippen LogP contribution < -0.4 is 16.6 Å².